The van der Waals surface area contributed by atoms with Crippen molar-refractivity contribution in [3.05, 3.63) is 124 Å². The first-order valence-corrected chi connectivity index (χ1v) is 15.4. The second-order valence-corrected chi connectivity index (χ2v) is 12.1. The molecule has 4 aromatic rings. The molecule has 226 valence electrons. The van der Waals surface area contributed by atoms with Crippen LogP contribution < -0.4 is 19.6 Å². The third-order valence-electron chi connectivity index (χ3n) is 6.95. The van der Waals surface area contributed by atoms with Gasteiger partial charge in [0.15, 0.2) is 17.2 Å². The number of thiazole rings is 1. The molecule has 0 bridgehead atoms. The summed E-state index contributed by atoms with van der Waals surface area (Å²) in [5, 5.41) is 9.13. The van der Waals surface area contributed by atoms with Gasteiger partial charge in [-0.3, -0.25) is 9.36 Å². The number of carboxylic acids is 1. The van der Waals surface area contributed by atoms with E-state index in [1.54, 1.807) is 13.0 Å². The molecule has 8 nitrogen and oxygen atoms in total. The quantitative estimate of drug-likeness (QED) is 0.229. The Kier molecular flexibility index (Phi) is 9.39. The molecule has 5 rings (SSSR count). The van der Waals surface area contributed by atoms with E-state index >= 15 is 0 Å². The Hall–Kier alpha value is -4.18. The highest BCUT2D eigenvalue weighted by Gasteiger charge is 2.35. The lowest BCUT2D eigenvalue weighted by Gasteiger charge is -2.26. The number of ether oxygens (including phenoxy) is 2. The number of aromatic nitrogens is 1. The van der Waals surface area contributed by atoms with Crippen molar-refractivity contribution in [1.82, 2.24) is 4.57 Å². The van der Waals surface area contributed by atoms with Gasteiger partial charge in [0.2, 0.25) is 0 Å². The molecule has 0 amide bonds. The van der Waals surface area contributed by atoms with Crippen LogP contribution in [0.2, 0.25) is 10.0 Å². The first kappa shape index (κ1) is 31.3. The number of esters is 1. The summed E-state index contributed by atoms with van der Waals surface area (Å²) in [6, 6.07) is 19.4. The number of rotatable bonds is 9. The number of nitrogens with zero attached hydrogens (tertiary/aromatic N) is 2. The van der Waals surface area contributed by atoms with E-state index in [9.17, 15) is 14.4 Å². The highest BCUT2D eigenvalue weighted by atomic mass is 35.5. The summed E-state index contributed by atoms with van der Waals surface area (Å²) >= 11 is 13.9. The topological polar surface area (TPSA) is 107 Å². The monoisotopic (exact) mass is 650 g/mol. The average molecular weight is 652 g/mol. The molecule has 0 fully saturated rings. The molecule has 3 aromatic carbocycles. The van der Waals surface area contributed by atoms with Gasteiger partial charge in [-0.25, -0.2) is 14.6 Å². The van der Waals surface area contributed by atoms with E-state index in [4.69, 9.17) is 42.8 Å². The number of aliphatic carboxylic acids is 1. The summed E-state index contributed by atoms with van der Waals surface area (Å²) in [6.07, 6.45) is 1.62. The van der Waals surface area contributed by atoms with Crippen molar-refractivity contribution in [2.24, 2.45) is 4.99 Å². The number of hydrogen-bond acceptors (Lipinski definition) is 7. The molecular weight excluding hydrogens is 623 g/mol. The van der Waals surface area contributed by atoms with E-state index < -0.39 is 24.6 Å². The van der Waals surface area contributed by atoms with Crippen LogP contribution in [-0.2, 0) is 14.3 Å². The summed E-state index contributed by atoms with van der Waals surface area (Å²) in [4.78, 5) is 43.9. The Morgan fingerprint density at radius 2 is 1.73 bits per heavy atom. The SMILES string of the molecule is CCOC(=O)C1=C(c2ccccc2)N=c2s/c(=C\c3cc(Cl)c(OCC(=O)O)c(Cl)c3)c(=O)n2[C@H]1c1ccc(C(C)C)cc1. The van der Waals surface area contributed by atoms with Crippen LogP contribution in [0, 0.1) is 0 Å². The molecular formula is C33H28Cl2N2O6S. The number of hydrogen-bond donors (Lipinski definition) is 1. The molecule has 0 spiro atoms. The van der Waals surface area contributed by atoms with Crippen LogP contribution in [0.5, 0.6) is 5.75 Å². The second kappa shape index (κ2) is 13.2. The zero-order chi connectivity index (χ0) is 31.5. The van der Waals surface area contributed by atoms with E-state index in [1.165, 1.54) is 28.0 Å². The third kappa shape index (κ3) is 6.36. The van der Waals surface area contributed by atoms with E-state index in [-0.39, 0.29) is 33.5 Å². The summed E-state index contributed by atoms with van der Waals surface area (Å²) in [5.41, 5.74) is 3.40. The normalized spacial score (nSPS) is 14.8. The molecule has 1 aliphatic rings. The highest BCUT2D eigenvalue weighted by molar-refractivity contribution is 7.07. The maximum atomic E-state index is 14.1. The van der Waals surface area contributed by atoms with Gasteiger partial charge in [-0.1, -0.05) is 103 Å². The maximum Gasteiger partial charge on any atom is 0.341 e. The Balaban J connectivity index is 1.74. The molecule has 44 heavy (non-hydrogen) atoms. The van der Waals surface area contributed by atoms with Crippen LogP contribution in [0.1, 0.15) is 55.0 Å². The van der Waals surface area contributed by atoms with Gasteiger partial charge in [0.05, 0.1) is 38.5 Å². The minimum atomic E-state index is -1.17. The number of carbonyl (C=O) groups excluding carboxylic acids is 1. The number of carboxylic acid groups (broad SMARTS) is 1. The standard InChI is InChI=1S/C33H28Cl2N2O6S/c1-4-42-32(41)27-28(21-8-6-5-7-9-21)36-33-37(29(27)22-12-10-20(11-13-22)18(2)3)31(40)25(44-33)16-19-14-23(34)30(24(35)15-19)43-17-26(38)39/h5-16,18,29H,4,17H2,1-3H3,(H,38,39)/b25-16-/t29-/m0/s1. The molecule has 0 saturated heterocycles. The molecule has 0 unspecified atom stereocenters. The summed E-state index contributed by atoms with van der Waals surface area (Å²) < 4.78 is 12.6. The van der Waals surface area contributed by atoms with Gasteiger partial charge in [0, 0.05) is 5.56 Å². The molecule has 1 N–H and O–H groups in total. The molecule has 1 aliphatic heterocycles. The van der Waals surface area contributed by atoms with Crippen LogP contribution >= 0.6 is 34.5 Å². The van der Waals surface area contributed by atoms with Gasteiger partial charge in [-0.15, -0.1) is 0 Å². The van der Waals surface area contributed by atoms with Crippen molar-refractivity contribution in [2.75, 3.05) is 13.2 Å². The van der Waals surface area contributed by atoms with Crippen molar-refractivity contribution in [3.63, 3.8) is 0 Å². The van der Waals surface area contributed by atoms with Crippen LogP contribution in [0.25, 0.3) is 11.8 Å². The van der Waals surface area contributed by atoms with E-state index in [0.29, 0.717) is 32.1 Å². The smallest absolute Gasteiger partial charge is 0.341 e. The predicted octanol–water partition coefficient (Wildman–Crippen LogP) is 5.83. The van der Waals surface area contributed by atoms with Crippen molar-refractivity contribution >= 4 is 58.3 Å². The lowest BCUT2D eigenvalue weighted by atomic mass is 9.91. The molecule has 11 heteroatoms. The van der Waals surface area contributed by atoms with Gasteiger partial charge in [-0.2, -0.15) is 0 Å². The van der Waals surface area contributed by atoms with Gasteiger partial charge in [0.25, 0.3) is 5.56 Å². The Labute approximate surface area is 267 Å². The molecule has 0 radical (unpaired) electrons. The van der Waals surface area contributed by atoms with E-state index in [0.717, 1.165) is 11.1 Å². The molecule has 0 saturated carbocycles. The van der Waals surface area contributed by atoms with E-state index in [1.807, 2.05) is 54.6 Å². The maximum absolute atomic E-state index is 14.1. The minimum Gasteiger partial charge on any atom is -0.479 e. The lowest BCUT2D eigenvalue weighted by molar-refractivity contribution is -0.140. The number of benzene rings is 3. The van der Waals surface area contributed by atoms with Gasteiger partial charge in [0.1, 0.15) is 0 Å². The zero-order valence-electron chi connectivity index (χ0n) is 24.0. The fourth-order valence-corrected chi connectivity index (χ4v) is 6.52. The number of carbonyl (C=O) groups is 2. The Morgan fingerprint density at radius 1 is 1.07 bits per heavy atom. The Morgan fingerprint density at radius 3 is 2.32 bits per heavy atom. The van der Waals surface area contributed by atoms with Crippen molar-refractivity contribution in [1.29, 1.82) is 0 Å². The minimum absolute atomic E-state index is 0.0331. The first-order chi connectivity index (χ1) is 21.1. The zero-order valence-corrected chi connectivity index (χ0v) is 26.4. The molecule has 0 aliphatic carbocycles. The number of halogens is 2. The van der Waals surface area contributed by atoms with Crippen molar-refractivity contribution in [2.45, 2.75) is 32.7 Å². The van der Waals surface area contributed by atoms with Gasteiger partial charge < -0.3 is 14.6 Å². The summed E-state index contributed by atoms with van der Waals surface area (Å²) in [7, 11) is 0. The highest BCUT2D eigenvalue weighted by Crippen LogP contribution is 2.36. The fourth-order valence-electron chi connectivity index (χ4n) is 4.90. The summed E-state index contributed by atoms with van der Waals surface area (Å²) in [5.74, 6) is -1.40. The van der Waals surface area contributed by atoms with Crippen LogP contribution in [0.4, 0.5) is 0 Å². The van der Waals surface area contributed by atoms with E-state index in [2.05, 4.69) is 13.8 Å². The van der Waals surface area contributed by atoms with Crippen molar-refractivity contribution in [3.8, 4) is 5.75 Å². The van der Waals surface area contributed by atoms with Crippen molar-refractivity contribution < 1.29 is 24.2 Å². The summed E-state index contributed by atoms with van der Waals surface area (Å²) in [6.45, 7) is 5.47. The van der Waals surface area contributed by atoms with Crippen LogP contribution in [-0.4, -0.2) is 34.8 Å². The largest absolute Gasteiger partial charge is 0.479 e. The second-order valence-electron chi connectivity index (χ2n) is 10.2. The predicted molar refractivity (Wildman–Crippen MR) is 171 cm³/mol. The first-order valence-electron chi connectivity index (χ1n) is 13.8. The van der Waals surface area contributed by atoms with Crippen LogP contribution in [0.15, 0.2) is 82.1 Å². The molecule has 1 atom stereocenters. The molecule has 2 heterocycles. The fraction of sp³-hybridized carbons (Fsp3) is 0.212. The lowest BCUT2D eigenvalue weighted by Crippen LogP contribution is -2.40. The average Bonchev–Trinajstić information content (AvgIpc) is 3.30. The Bertz CT molecular complexity index is 1920. The van der Waals surface area contributed by atoms with Gasteiger partial charge in [-0.05, 0) is 47.7 Å². The van der Waals surface area contributed by atoms with Gasteiger partial charge >= 0.3 is 11.9 Å². The number of fused-ring (bicyclic) bond motifs is 1. The third-order valence-corrected chi connectivity index (χ3v) is 8.50. The van der Waals surface area contributed by atoms with Crippen LogP contribution in [0.3, 0.4) is 0 Å². The molecule has 1 aromatic heterocycles.